The highest BCUT2D eigenvalue weighted by Crippen LogP contribution is 2.33. The van der Waals surface area contributed by atoms with Crippen LogP contribution < -0.4 is 0 Å². The minimum Gasteiger partial charge on any atom is -0.460 e. The first-order valence-corrected chi connectivity index (χ1v) is 6.67. The lowest BCUT2D eigenvalue weighted by Crippen LogP contribution is -2.33. The monoisotopic (exact) mass is 226 g/mol. The van der Waals surface area contributed by atoms with Crippen molar-refractivity contribution >= 4 is 5.97 Å². The number of esters is 1. The first-order valence-electron chi connectivity index (χ1n) is 6.67. The number of carbonyl (C=O) groups excluding carboxylic acids is 1. The lowest BCUT2D eigenvalue weighted by atomic mass is 9.79. The van der Waals surface area contributed by atoms with Gasteiger partial charge in [0.2, 0.25) is 0 Å². The molecule has 0 bridgehead atoms. The van der Waals surface area contributed by atoms with Crippen molar-refractivity contribution in [2.45, 2.75) is 71.8 Å². The molecule has 16 heavy (non-hydrogen) atoms. The third-order valence-corrected chi connectivity index (χ3v) is 3.37. The highest BCUT2D eigenvalue weighted by atomic mass is 16.6. The molecule has 0 spiro atoms. The van der Waals surface area contributed by atoms with Gasteiger partial charge in [-0.3, -0.25) is 4.79 Å². The molecule has 0 amide bonds. The highest BCUT2D eigenvalue weighted by molar-refractivity contribution is 5.73. The summed E-state index contributed by atoms with van der Waals surface area (Å²) < 4.78 is 5.51. The van der Waals surface area contributed by atoms with E-state index in [0.29, 0.717) is 5.92 Å². The second-order valence-corrected chi connectivity index (χ2v) is 5.95. The largest absolute Gasteiger partial charge is 0.460 e. The van der Waals surface area contributed by atoms with Crippen LogP contribution in [0.3, 0.4) is 0 Å². The van der Waals surface area contributed by atoms with E-state index in [4.69, 9.17) is 4.74 Å². The van der Waals surface area contributed by atoms with Crippen LogP contribution in [0, 0.1) is 11.8 Å². The van der Waals surface area contributed by atoms with E-state index in [1.807, 2.05) is 20.8 Å². The van der Waals surface area contributed by atoms with Crippen LogP contribution in [0.5, 0.6) is 0 Å². The van der Waals surface area contributed by atoms with Crippen LogP contribution >= 0.6 is 0 Å². The third kappa shape index (κ3) is 4.15. The van der Waals surface area contributed by atoms with E-state index in [0.717, 1.165) is 6.42 Å². The van der Waals surface area contributed by atoms with E-state index in [-0.39, 0.29) is 17.5 Å². The van der Waals surface area contributed by atoms with Crippen LogP contribution in [0.4, 0.5) is 0 Å². The van der Waals surface area contributed by atoms with Crippen molar-refractivity contribution in [3.05, 3.63) is 0 Å². The molecule has 0 saturated heterocycles. The van der Waals surface area contributed by atoms with Gasteiger partial charge in [-0.2, -0.15) is 0 Å². The van der Waals surface area contributed by atoms with E-state index < -0.39 is 0 Å². The highest BCUT2D eigenvalue weighted by Gasteiger charge is 2.31. The molecule has 0 heterocycles. The summed E-state index contributed by atoms with van der Waals surface area (Å²) >= 11 is 0. The molecule has 1 fully saturated rings. The van der Waals surface area contributed by atoms with E-state index in [1.165, 1.54) is 32.1 Å². The maximum absolute atomic E-state index is 12.1. The topological polar surface area (TPSA) is 26.3 Å². The van der Waals surface area contributed by atoms with Gasteiger partial charge in [-0.05, 0) is 46.0 Å². The van der Waals surface area contributed by atoms with Crippen molar-refractivity contribution < 1.29 is 9.53 Å². The molecule has 1 saturated carbocycles. The molecule has 1 atom stereocenters. The average Bonchev–Trinajstić information content (AvgIpc) is 2.17. The van der Waals surface area contributed by atoms with Gasteiger partial charge in [0.1, 0.15) is 5.60 Å². The van der Waals surface area contributed by atoms with Gasteiger partial charge in [0.25, 0.3) is 0 Å². The normalized spacial score (nSPS) is 20.5. The summed E-state index contributed by atoms with van der Waals surface area (Å²) in [5.74, 6) is 0.704. The number of ether oxygens (including phenoxy) is 1. The second kappa shape index (κ2) is 5.70. The molecule has 0 aliphatic heterocycles. The van der Waals surface area contributed by atoms with Crippen molar-refractivity contribution in [1.29, 1.82) is 0 Å². The number of carbonyl (C=O) groups is 1. The molecular formula is C14H26O2. The molecule has 94 valence electrons. The predicted octanol–water partition coefficient (Wildman–Crippen LogP) is 3.93. The zero-order chi connectivity index (χ0) is 12.2. The molecular weight excluding hydrogens is 200 g/mol. The number of hydrogen-bond donors (Lipinski definition) is 0. The minimum absolute atomic E-state index is 0.0156. The van der Waals surface area contributed by atoms with Gasteiger partial charge in [-0.25, -0.2) is 0 Å². The Balaban J connectivity index is 2.55. The summed E-state index contributed by atoms with van der Waals surface area (Å²) in [4.78, 5) is 12.1. The molecule has 2 nitrogen and oxygen atoms in total. The Morgan fingerprint density at radius 3 is 2.25 bits per heavy atom. The van der Waals surface area contributed by atoms with E-state index in [9.17, 15) is 4.79 Å². The fourth-order valence-electron chi connectivity index (χ4n) is 2.61. The Bertz CT molecular complexity index is 221. The van der Waals surface area contributed by atoms with Crippen molar-refractivity contribution in [3.63, 3.8) is 0 Å². The Labute approximate surface area is 99.8 Å². The average molecular weight is 226 g/mol. The number of rotatable bonds is 3. The van der Waals surface area contributed by atoms with E-state index in [2.05, 4.69) is 6.92 Å². The van der Waals surface area contributed by atoms with Gasteiger partial charge >= 0.3 is 5.97 Å². The zero-order valence-electron chi connectivity index (χ0n) is 11.2. The first-order chi connectivity index (χ1) is 7.44. The molecule has 0 radical (unpaired) electrons. The quantitative estimate of drug-likeness (QED) is 0.681. The maximum Gasteiger partial charge on any atom is 0.309 e. The molecule has 1 rings (SSSR count). The van der Waals surface area contributed by atoms with Crippen LogP contribution in [-0.4, -0.2) is 11.6 Å². The Morgan fingerprint density at radius 1 is 1.25 bits per heavy atom. The lowest BCUT2D eigenvalue weighted by Gasteiger charge is -2.30. The lowest BCUT2D eigenvalue weighted by molar-refractivity contribution is -0.162. The van der Waals surface area contributed by atoms with Crippen molar-refractivity contribution in [2.24, 2.45) is 11.8 Å². The summed E-state index contributed by atoms with van der Waals surface area (Å²) in [7, 11) is 0. The Kier molecular flexibility index (Phi) is 4.82. The summed E-state index contributed by atoms with van der Waals surface area (Å²) in [6.45, 7) is 7.93. The second-order valence-electron chi connectivity index (χ2n) is 5.95. The Morgan fingerprint density at radius 2 is 1.81 bits per heavy atom. The third-order valence-electron chi connectivity index (χ3n) is 3.37. The van der Waals surface area contributed by atoms with Gasteiger partial charge in [0.05, 0.1) is 5.92 Å². The smallest absolute Gasteiger partial charge is 0.309 e. The Hall–Kier alpha value is -0.530. The SMILES string of the molecule is CCC(C(=O)OC(C)(C)C)C1CCCCC1. The molecule has 2 heteroatoms. The molecule has 1 aliphatic rings. The van der Waals surface area contributed by atoms with Crippen molar-refractivity contribution in [3.8, 4) is 0 Å². The molecule has 0 aromatic carbocycles. The molecule has 0 aromatic heterocycles. The minimum atomic E-state index is -0.348. The maximum atomic E-state index is 12.1. The van der Waals surface area contributed by atoms with Crippen molar-refractivity contribution in [1.82, 2.24) is 0 Å². The summed E-state index contributed by atoms with van der Waals surface area (Å²) in [5.41, 5.74) is -0.348. The summed E-state index contributed by atoms with van der Waals surface area (Å²) in [6, 6.07) is 0. The van der Waals surface area contributed by atoms with Crippen LogP contribution in [0.25, 0.3) is 0 Å². The van der Waals surface area contributed by atoms with Gasteiger partial charge in [-0.15, -0.1) is 0 Å². The molecule has 1 unspecified atom stereocenters. The van der Waals surface area contributed by atoms with Crippen LogP contribution in [0.15, 0.2) is 0 Å². The summed E-state index contributed by atoms with van der Waals surface area (Å²) in [6.07, 6.45) is 7.23. The predicted molar refractivity (Wildman–Crippen MR) is 66.2 cm³/mol. The fraction of sp³-hybridized carbons (Fsp3) is 0.929. The van der Waals surface area contributed by atoms with Crippen LogP contribution in [-0.2, 0) is 9.53 Å². The van der Waals surface area contributed by atoms with Gasteiger partial charge in [0.15, 0.2) is 0 Å². The molecule has 1 aliphatic carbocycles. The van der Waals surface area contributed by atoms with E-state index >= 15 is 0 Å². The van der Waals surface area contributed by atoms with Gasteiger partial charge < -0.3 is 4.74 Å². The van der Waals surface area contributed by atoms with Crippen LogP contribution in [0.2, 0.25) is 0 Å². The molecule has 0 aromatic rings. The van der Waals surface area contributed by atoms with E-state index in [1.54, 1.807) is 0 Å². The first kappa shape index (κ1) is 13.5. The van der Waals surface area contributed by atoms with Crippen molar-refractivity contribution in [2.75, 3.05) is 0 Å². The fourth-order valence-corrected chi connectivity index (χ4v) is 2.61. The van der Waals surface area contributed by atoms with Gasteiger partial charge in [-0.1, -0.05) is 26.2 Å². The summed E-state index contributed by atoms with van der Waals surface area (Å²) in [5, 5.41) is 0. The number of hydrogen-bond acceptors (Lipinski definition) is 2. The standard InChI is InChI=1S/C14H26O2/c1-5-12(11-9-7-6-8-10-11)13(15)16-14(2,3)4/h11-12H,5-10H2,1-4H3. The van der Waals surface area contributed by atoms with Gasteiger partial charge in [0, 0.05) is 0 Å². The molecule has 0 N–H and O–H groups in total. The zero-order valence-corrected chi connectivity index (χ0v) is 11.2. The van der Waals surface area contributed by atoms with Crippen LogP contribution in [0.1, 0.15) is 66.2 Å².